The Hall–Kier alpha value is -3.14. The van der Waals surface area contributed by atoms with Crippen LogP contribution in [-0.4, -0.2) is 37.6 Å². The zero-order valence-corrected chi connectivity index (χ0v) is 27.7. The maximum atomic E-state index is 5.08. The van der Waals surface area contributed by atoms with Crippen molar-refractivity contribution >= 4 is 22.8 Å². The first-order valence-electron chi connectivity index (χ1n) is 17.9. The summed E-state index contributed by atoms with van der Waals surface area (Å²) in [5, 5.41) is 0. The van der Waals surface area contributed by atoms with Gasteiger partial charge in [0.1, 0.15) is 0 Å². The molecule has 0 aromatic heterocycles. The monoisotopic (exact) mass is 592 g/mol. The maximum Gasteiger partial charge on any atom is 0.0684 e. The van der Waals surface area contributed by atoms with E-state index in [0.29, 0.717) is 0 Å². The van der Waals surface area contributed by atoms with Crippen LogP contribution in [0.15, 0.2) is 82.1 Å². The number of aliphatic imine (C=N–C) groups is 2. The highest BCUT2D eigenvalue weighted by molar-refractivity contribution is 6.15. The lowest BCUT2D eigenvalue weighted by molar-refractivity contribution is 0.567. The molecule has 0 saturated carbocycles. The van der Waals surface area contributed by atoms with E-state index in [9.17, 15) is 0 Å². The maximum absolute atomic E-state index is 5.08. The van der Waals surface area contributed by atoms with E-state index in [4.69, 9.17) is 9.98 Å². The van der Waals surface area contributed by atoms with Crippen LogP contribution in [0.2, 0.25) is 0 Å². The topological polar surface area (TPSA) is 31.2 Å². The number of allylic oxidation sites excluding steroid dienone is 4. The minimum absolute atomic E-state index is 0.933. The molecule has 0 unspecified atom stereocenters. The van der Waals surface area contributed by atoms with E-state index in [-0.39, 0.29) is 0 Å². The largest absolute Gasteiger partial charge is 0.345 e. The standard InChI is InChI=1S/C40H56N4/c1-33-31-37-35-23-15-17-25-39(35)43(33)29-21-13-9-5-6-10-14-22-30-44-34(2)32-38(36-24-16-18-26-40(36)44)42-28-20-12-8-4-3-7-11-19-27-41-37/h15-18,23-26,31-32H,3-14,19-22,27-30H2,1-2H3. The van der Waals surface area contributed by atoms with Crippen molar-refractivity contribution in [2.24, 2.45) is 9.98 Å². The van der Waals surface area contributed by atoms with Gasteiger partial charge < -0.3 is 9.80 Å². The summed E-state index contributed by atoms with van der Waals surface area (Å²) < 4.78 is 0. The van der Waals surface area contributed by atoms with Crippen LogP contribution in [0.5, 0.6) is 0 Å². The van der Waals surface area contributed by atoms with E-state index in [1.54, 1.807) is 0 Å². The first kappa shape index (κ1) is 32.3. The molecule has 0 N–H and O–H groups in total. The van der Waals surface area contributed by atoms with Crippen molar-refractivity contribution in [2.45, 2.75) is 117 Å². The molecule has 4 nitrogen and oxygen atoms in total. The minimum atomic E-state index is 0.933. The molecule has 0 atom stereocenters. The van der Waals surface area contributed by atoms with Crippen molar-refractivity contribution < 1.29 is 0 Å². The summed E-state index contributed by atoms with van der Waals surface area (Å²) in [5.41, 5.74) is 10.3. The van der Waals surface area contributed by atoms with Gasteiger partial charge in [0.25, 0.3) is 0 Å². The van der Waals surface area contributed by atoms with Gasteiger partial charge in [0.15, 0.2) is 0 Å². The second-order valence-corrected chi connectivity index (χ2v) is 13.1. The molecule has 5 aliphatic rings. The second kappa shape index (κ2) is 17.4. The van der Waals surface area contributed by atoms with Crippen LogP contribution in [0.1, 0.15) is 128 Å². The molecule has 2 aromatic carbocycles. The molecule has 0 spiro atoms. The number of anilines is 2. The van der Waals surface area contributed by atoms with Gasteiger partial charge in [-0.1, -0.05) is 113 Å². The summed E-state index contributed by atoms with van der Waals surface area (Å²) in [7, 11) is 0. The molecule has 5 aliphatic heterocycles. The summed E-state index contributed by atoms with van der Waals surface area (Å²) in [6, 6.07) is 17.8. The number of para-hydroxylation sites is 2. The van der Waals surface area contributed by atoms with Gasteiger partial charge in [-0.3, -0.25) is 9.98 Å². The lowest BCUT2D eigenvalue weighted by atomic mass is 10.00. The van der Waals surface area contributed by atoms with Gasteiger partial charge in [0, 0.05) is 48.7 Å². The van der Waals surface area contributed by atoms with Gasteiger partial charge in [-0.2, -0.15) is 0 Å². The molecular weight excluding hydrogens is 536 g/mol. The zero-order valence-electron chi connectivity index (χ0n) is 27.7. The summed E-state index contributed by atoms with van der Waals surface area (Å²) in [5.74, 6) is 0. The second-order valence-electron chi connectivity index (χ2n) is 13.1. The van der Waals surface area contributed by atoms with Gasteiger partial charge in [0.2, 0.25) is 0 Å². The Morgan fingerprint density at radius 3 is 1.18 bits per heavy atom. The molecule has 7 rings (SSSR count). The van der Waals surface area contributed by atoms with Crippen molar-refractivity contribution in [2.75, 3.05) is 36.0 Å². The van der Waals surface area contributed by atoms with Gasteiger partial charge >= 0.3 is 0 Å². The third-order valence-corrected chi connectivity index (χ3v) is 9.63. The van der Waals surface area contributed by atoms with Crippen LogP contribution in [-0.2, 0) is 0 Å². The first-order chi connectivity index (χ1) is 21.7. The average Bonchev–Trinajstić information content (AvgIpc) is 3.04. The highest BCUT2D eigenvalue weighted by Gasteiger charge is 2.21. The fourth-order valence-electron chi connectivity index (χ4n) is 7.08. The summed E-state index contributed by atoms with van der Waals surface area (Å²) >= 11 is 0. The van der Waals surface area contributed by atoms with Crippen molar-refractivity contribution in [1.82, 2.24) is 0 Å². The molecular formula is C40H56N4. The Morgan fingerprint density at radius 1 is 0.432 bits per heavy atom. The van der Waals surface area contributed by atoms with E-state index < -0.39 is 0 Å². The Balaban J connectivity index is 1.17. The first-order valence-corrected chi connectivity index (χ1v) is 17.9. The normalized spacial score (nSPS) is 20.5. The van der Waals surface area contributed by atoms with Crippen LogP contribution in [0.25, 0.3) is 0 Å². The molecule has 236 valence electrons. The van der Waals surface area contributed by atoms with Crippen LogP contribution in [0.4, 0.5) is 11.4 Å². The SMILES string of the molecule is CC1=CC2=NCCCCCCCCCCN=C3C=C(C)N(CCCCCCCCCCN1c1ccccc12)c1ccccc13. The molecule has 5 heterocycles. The van der Waals surface area contributed by atoms with Crippen molar-refractivity contribution in [3.63, 3.8) is 0 Å². The van der Waals surface area contributed by atoms with E-state index in [2.05, 4.69) is 84.3 Å². The van der Waals surface area contributed by atoms with Crippen molar-refractivity contribution in [3.05, 3.63) is 83.2 Å². The molecule has 0 aliphatic carbocycles. The fraction of sp³-hybridized carbons (Fsp3) is 0.550. The molecule has 0 fully saturated rings. The van der Waals surface area contributed by atoms with Crippen LogP contribution in [0, 0.1) is 0 Å². The van der Waals surface area contributed by atoms with Gasteiger partial charge in [-0.05, 0) is 63.8 Å². The number of nitrogens with zero attached hydrogens (tertiary/aromatic N) is 4. The van der Waals surface area contributed by atoms with Crippen LogP contribution < -0.4 is 9.80 Å². The summed E-state index contributed by atoms with van der Waals surface area (Å²) in [6.07, 6.45) is 25.4. The predicted octanol–water partition coefficient (Wildman–Crippen LogP) is 10.7. The lowest BCUT2D eigenvalue weighted by Gasteiger charge is -2.32. The quantitative estimate of drug-likeness (QED) is 0.305. The molecule has 0 saturated heterocycles. The molecule has 4 bridgehead atoms. The highest BCUT2D eigenvalue weighted by atomic mass is 15.2. The molecule has 4 heteroatoms. The van der Waals surface area contributed by atoms with E-state index in [0.717, 1.165) is 26.2 Å². The van der Waals surface area contributed by atoms with Crippen molar-refractivity contribution in [3.8, 4) is 0 Å². The Kier molecular flexibility index (Phi) is 12.7. The third-order valence-electron chi connectivity index (χ3n) is 9.63. The number of hydrogen-bond donors (Lipinski definition) is 0. The van der Waals surface area contributed by atoms with E-state index >= 15 is 0 Å². The zero-order chi connectivity index (χ0) is 30.4. The summed E-state index contributed by atoms with van der Waals surface area (Å²) in [6.45, 7) is 8.59. The molecule has 44 heavy (non-hydrogen) atoms. The van der Waals surface area contributed by atoms with Crippen molar-refractivity contribution in [1.29, 1.82) is 0 Å². The number of hydrogen-bond acceptors (Lipinski definition) is 4. The molecule has 2 aromatic rings. The average molecular weight is 593 g/mol. The third kappa shape index (κ3) is 8.96. The number of rotatable bonds is 0. The van der Waals surface area contributed by atoms with Gasteiger partial charge in [-0.15, -0.1) is 0 Å². The van der Waals surface area contributed by atoms with E-state index in [1.807, 2.05) is 0 Å². The Morgan fingerprint density at radius 2 is 0.773 bits per heavy atom. The fourth-order valence-corrected chi connectivity index (χ4v) is 7.08. The lowest BCUT2D eigenvalue weighted by Crippen LogP contribution is -2.28. The smallest absolute Gasteiger partial charge is 0.0684 e. The highest BCUT2D eigenvalue weighted by Crippen LogP contribution is 2.32. The number of benzene rings is 2. The minimum Gasteiger partial charge on any atom is -0.345 e. The Labute approximate surface area is 268 Å². The van der Waals surface area contributed by atoms with Crippen LogP contribution in [0.3, 0.4) is 0 Å². The van der Waals surface area contributed by atoms with Gasteiger partial charge in [0.05, 0.1) is 22.8 Å². The van der Waals surface area contributed by atoms with Gasteiger partial charge in [-0.25, -0.2) is 0 Å². The molecule has 0 amide bonds. The van der Waals surface area contributed by atoms with Crippen LogP contribution >= 0.6 is 0 Å². The van der Waals surface area contributed by atoms with E-state index in [1.165, 1.54) is 148 Å². The predicted molar refractivity (Wildman–Crippen MR) is 192 cm³/mol. The summed E-state index contributed by atoms with van der Waals surface area (Å²) in [4.78, 5) is 15.2. The Bertz CT molecular complexity index is 1210. The molecule has 0 radical (unpaired) electrons.